The van der Waals surface area contributed by atoms with Crippen LogP contribution >= 0.6 is 0 Å². The molecule has 2 unspecified atom stereocenters. The summed E-state index contributed by atoms with van der Waals surface area (Å²) in [5.74, 6) is 0. The van der Waals surface area contributed by atoms with Crippen LogP contribution in [0.2, 0.25) is 0 Å². The van der Waals surface area contributed by atoms with Crippen molar-refractivity contribution in [3.63, 3.8) is 0 Å². The van der Waals surface area contributed by atoms with E-state index in [9.17, 15) is 8.42 Å². The van der Waals surface area contributed by atoms with E-state index in [1.54, 1.807) is 11.2 Å². The predicted molar refractivity (Wildman–Crippen MR) is 75.2 cm³/mol. The Morgan fingerprint density at radius 1 is 1.33 bits per heavy atom. The third-order valence-corrected chi connectivity index (χ3v) is 6.00. The van der Waals surface area contributed by atoms with Gasteiger partial charge in [-0.3, -0.25) is 0 Å². The van der Waals surface area contributed by atoms with Crippen LogP contribution in [0.15, 0.2) is 0 Å². The smallest absolute Gasteiger partial charge is 0.218 e. The van der Waals surface area contributed by atoms with Crippen molar-refractivity contribution in [3.8, 4) is 0 Å². The highest BCUT2D eigenvalue weighted by molar-refractivity contribution is 7.89. The molecule has 0 aromatic heterocycles. The molecule has 0 spiro atoms. The molecule has 0 radical (unpaired) electrons. The van der Waals surface area contributed by atoms with Crippen LogP contribution in [0.4, 0.5) is 0 Å². The van der Waals surface area contributed by atoms with Crippen molar-refractivity contribution < 1.29 is 8.42 Å². The fourth-order valence-corrected chi connectivity index (χ4v) is 3.85. The van der Waals surface area contributed by atoms with Crippen LogP contribution in [0, 0.1) is 0 Å². The number of likely N-dealkylation sites (N-methyl/N-ethyl adjacent to an activating group) is 1. The Kier molecular flexibility index (Phi) is 6.04. The highest BCUT2D eigenvalue weighted by atomic mass is 32.2. The molecule has 2 atom stereocenters. The molecule has 1 saturated heterocycles. The fourth-order valence-electron chi connectivity index (χ4n) is 2.30. The molecule has 1 N–H and O–H groups in total. The van der Waals surface area contributed by atoms with Gasteiger partial charge < -0.3 is 10.2 Å². The minimum absolute atomic E-state index is 0.347. The lowest BCUT2D eigenvalue weighted by molar-refractivity contribution is 0.143. The predicted octanol–water partition coefficient (Wildman–Crippen LogP) is 0.340. The maximum atomic E-state index is 12.4. The summed E-state index contributed by atoms with van der Waals surface area (Å²) in [5, 5.41) is 2.76. The number of hydrogen-bond acceptors (Lipinski definition) is 4. The van der Waals surface area contributed by atoms with Crippen LogP contribution in [0.1, 0.15) is 27.2 Å². The first-order chi connectivity index (χ1) is 8.43. The van der Waals surface area contributed by atoms with Crippen molar-refractivity contribution in [1.29, 1.82) is 0 Å². The summed E-state index contributed by atoms with van der Waals surface area (Å²) >= 11 is 0. The summed E-state index contributed by atoms with van der Waals surface area (Å²) in [6, 6.07) is 0.347. The van der Waals surface area contributed by atoms with Crippen molar-refractivity contribution in [1.82, 2.24) is 14.5 Å². The van der Waals surface area contributed by atoms with Crippen molar-refractivity contribution in [2.24, 2.45) is 0 Å². The quantitative estimate of drug-likeness (QED) is 0.761. The third kappa shape index (κ3) is 3.66. The van der Waals surface area contributed by atoms with Crippen LogP contribution < -0.4 is 5.32 Å². The van der Waals surface area contributed by atoms with Gasteiger partial charge in [0.05, 0.1) is 5.25 Å². The van der Waals surface area contributed by atoms with Crippen LogP contribution in [-0.2, 0) is 10.0 Å². The minimum Gasteiger partial charge on any atom is -0.316 e. The summed E-state index contributed by atoms with van der Waals surface area (Å²) < 4.78 is 26.5. The largest absolute Gasteiger partial charge is 0.316 e. The molecule has 18 heavy (non-hydrogen) atoms. The van der Waals surface area contributed by atoms with Gasteiger partial charge >= 0.3 is 0 Å². The highest BCUT2D eigenvalue weighted by Crippen LogP contribution is 2.17. The lowest BCUT2D eigenvalue weighted by Crippen LogP contribution is -2.55. The van der Waals surface area contributed by atoms with Gasteiger partial charge in [0.25, 0.3) is 0 Å². The van der Waals surface area contributed by atoms with E-state index in [-0.39, 0.29) is 5.25 Å². The van der Waals surface area contributed by atoms with E-state index in [1.165, 1.54) is 0 Å². The maximum Gasteiger partial charge on any atom is 0.218 e. The Hall–Kier alpha value is -0.170. The zero-order valence-corrected chi connectivity index (χ0v) is 12.8. The van der Waals surface area contributed by atoms with Crippen molar-refractivity contribution >= 4 is 10.0 Å². The molecule has 108 valence electrons. The minimum atomic E-state index is -3.16. The van der Waals surface area contributed by atoms with E-state index in [1.807, 2.05) is 6.92 Å². The first-order valence-electron chi connectivity index (χ1n) is 6.83. The van der Waals surface area contributed by atoms with Crippen LogP contribution in [0.25, 0.3) is 0 Å². The maximum absolute atomic E-state index is 12.4. The Balaban J connectivity index is 2.67. The van der Waals surface area contributed by atoms with E-state index in [2.05, 4.69) is 24.2 Å². The van der Waals surface area contributed by atoms with Gasteiger partial charge in [0.15, 0.2) is 0 Å². The van der Waals surface area contributed by atoms with E-state index in [0.717, 1.165) is 19.5 Å². The molecule has 0 amide bonds. The molecule has 1 rings (SSSR count). The molecular weight excluding hydrogens is 250 g/mol. The van der Waals surface area contributed by atoms with Gasteiger partial charge in [0.2, 0.25) is 10.0 Å². The van der Waals surface area contributed by atoms with E-state index < -0.39 is 10.0 Å². The SMILES string of the molecule is CCNCC(C)S(=O)(=O)N1CCN(C)C(CC)C1. The van der Waals surface area contributed by atoms with Crippen LogP contribution in [-0.4, -0.2) is 68.7 Å². The average Bonchev–Trinajstić information content (AvgIpc) is 2.36. The normalized spacial score (nSPS) is 25.2. The van der Waals surface area contributed by atoms with Gasteiger partial charge in [-0.2, -0.15) is 4.31 Å². The molecule has 0 aromatic rings. The van der Waals surface area contributed by atoms with E-state index in [0.29, 0.717) is 25.7 Å². The Morgan fingerprint density at radius 3 is 2.56 bits per heavy atom. The third-order valence-electron chi connectivity index (χ3n) is 3.76. The van der Waals surface area contributed by atoms with E-state index in [4.69, 9.17) is 0 Å². The lowest BCUT2D eigenvalue weighted by Gasteiger charge is -2.39. The Labute approximate surface area is 112 Å². The first kappa shape index (κ1) is 15.9. The summed E-state index contributed by atoms with van der Waals surface area (Å²) in [4.78, 5) is 2.25. The highest BCUT2D eigenvalue weighted by Gasteiger charge is 2.33. The fraction of sp³-hybridized carbons (Fsp3) is 1.00. The van der Waals surface area contributed by atoms with Crippen LogP contribution in [0.3, 0.4) is 0 Å². The lowest BCUT2D eigenvalue weighted by atomic mass is 10.1. The number of nitrogens with one attached hydrogen (secondary N) is 1. The van der Waals surface area contributed by atoms with Gasteiger partial charge in [-0.1, -0.05) is 13.8 Å². The molecule has 5 nitrogen and oxygen atoms in total. The van der Waals surface area contributed by atoms with Crippen LogP contribution in [0.5, 0.6) is 0 Å². The summed E-state index contributed by atoms with van der Waals surface area (Å²) in [6.45, 7) is 9.30. The number of piperazine rings is 1. The molecular formula is C12H27N3O2S. The summed E-state index contributed by atoms with van der Waals surface area (Å²) in [6.07, 6.45) is 0.990. The first-order valence-corrected chi connectivity index (χ1v) is 8.33. The number of rotatable bonds is 6. The number of nitrogens with zero attached hydrogens (tertiary/aromatic N) is 2. The standard InChI is InChI=1S/C12H27N3O2S/c1-5-12-10-15(8-7-14(12)4)18(16,17)11(3)9-13-6-2/h11-13H,5-10H2,1-4H3. The van der Waals surface area contributed by atoms with Gasteiger partial charge in [0, 0.05) is 32.2 Å². The molecule has 0 saturated carbocycles. The zero-order chi connectivity index (χ0) is 13.8. The molecule has 1 aliphatic heterocycles. The second-order valence-corrected chi connectivity index (χ2v) is 7.42. The topological polar surface area (TPSA) is 52.7 Å². The average molecular weight is 277 g/mol. The Morgan fingerprint density at radius 2 is 2.00 bits per heavy atom. The molecule has 1 fully saturated rings. The summed E-state index contributed by atoms with van der Waals surface area (Å²) in [7, 11) is -1.09. The monoisotopic (exact) mass is 277 g/mol. The van der Waals surface area contributed by atoms with E-state index >= 15 is 0 Å². The zero-order valence-electron chi connectivity index (χ0n) is 12.0. The van der Waals surface area contributed by atoms with Gasteiger partial charge in [-0.15, -0.1) is 0 Å². The second-order valence-electron chi connectivity index (χ2n) is 5.06. The number of sulfonamides is 1. The van der Waals surface area contributed by atoms with Gasteiger partial charge in [-0.25, -0.2) is 8.42 Å². The van der Waals surface area contributed by atoms with Crippen molar-refractivity contribution in [2.75, 3.05) is 39.8 Å². The van der Waals surface area contributed by atoms with Crippen molar-refractivity contribution in [2.45, 2.75) is 38.5 Å². The number of hydrogen-bond donors (Lipinski definition) is 1. The molecule has 1 heterocycles. The molecule has 0 bridgehead atoms. The molecule has 0 aromatic carbocycles. The Bertz CT molecular complexity index is 345. The molecule has 1 aliphatic rings. The molecule has 6 heteroatoms. The second kappa shape index (κ2) is 6.84. The van der Waals surface area contributed by atoms with Gasteiger partial charge in [0.1, 0.15) is 0 Å². The molecule has 0 aliphatic carbocycles. The van der Waals surface area contributed by atoms with Gasteiger partial charge in [-0.05, 0) is 26.9 Å². The van der Waals surface area contributed by atoms with Crippen molar-refractivity contribution in [3.05, 3.63) is 0 Å². The summed E-state index contributed by atoms with van der Waals surface area (Å²) in [5.41, 5.74) is 0.